The van der Waals surface area contributed by atoms with Gasteiger partial charge in [0, 0.05) is 30.7 Å². The van der Waals surface area contributed by atoms with Crippen LogP contribution in [0.3, 0.4) is 0 Å². The van der Waals surface area contributed by atoms with Crippen molar-refractivity contribution in [3.63, 3.8) is 0 Å². The highest BCUT2D eigenvalue weighted by Crippen LogP contribution is 2.23. The number of fused-ring (bicyclic) bond motifs is 1. The summed E-state index contributed by atoms with van der Waals surface area (Å²) in [5, 5.41) is 17.9. The first-order valence-corrected chi connectivity index (χ1v) is 10.1. The van der Waals surface area contributed by atoms with Gasteiger partial charge in [0.2, 0.25) is 5.75 Å². The molecule has 0 bridgehead atoms. The maximum absolute atomic E-state index is 12.4. The van der Waals surface area contributed by atoms with Crippen LogP contribution in [0, 0.1) is 0 Å². The highest BCUT2D eigenvalue weighted by Gasteiger charge is 2.20. The Bertz CT molecular complexity index is 1080. The van der Waals surface area contributed by atoms with Crippen molar-refractivity contribution in [2.24, 2.45) is 0 Å². The quantitative estimate of drug-likeness (QED) is 0.552. The van der Waals surface area contributed by atoms with Crippen LogP contribution in [0.4, 0.5) is 0 Å². The maximum atomic E-state index is 12.4. The standard InChI is InChI=1S/C18H17Cl2N4O3S/c1-2-5-21-8-11-9-24-17(27)15(25)14(23-18(24)28-11)16(26)22-7-10-3-4-12(19)13(20)6-10/h3-4,6,9,25H,2,5,7-8H2,1H3,(H,22,26). The molecule has 147 valence electrons. The molecule has 0 aliphatic heterocycles. The van der Waals surface area contributed by atoms with Gasteiger partial charge in [0.25, 0.3) is 5.91 Å². The first-order valence-electron chi connectivity index (χ1n) is 8.50. The molecule has 2 heterocycles. The molecule has 0 aliphatic rings. The number of benzene rings is 1. The van der Waals surface area contributed by atoms with E-state index in [1.165, 1.54) is 15.7 Å². The van der Waals surface area contributed by atoms with Crippen LogP contribution in [-0.4, -0.2) is 26.9 Å². The lowest BCUT2D eigenvalue weighted by Gasteiger charge is -2.07. The van der Waals surface area contributed by atoms with Crippen molar-refractivity contribution in [3.8, 4) is 5.75 Å². The van der Waals surface area contributed by atoms with Crippen molar-refractivity contribution in [2.75, 3.05) is 6.54 Å². The molecule has 10 heteroatoms. The van der Waals surface area contributed by atoms with Gasteiger partial charge < -0.3 is 10.4 Å². The third-order valence-corrected chi connectivity index (χ3v) is 5.56. The van der Waals surface area contributed by atoms with E-state index < -0.39 is 17.2 Å². The number of hydrogen-bond donors (Lipinski definition) is 2. The fourth-order valence-electron chi connectivity index (χ4n) is 2.47. The molecule has 0 unspecified atom stereocenters. The lowest BCUT2D eigenvalue weighted by molar-refractivity contribution is 0.0943. The van der Waals surface area contributed by atoms with Gasteiger partial charge in [-0.2, -0.15) is 0 Å². The van der Waals surface area contributed by atoms with Crippen molar-refractivity contribution in [3.05, 3.63) is 60.9 Å². The average molecular weight is 440 g/mol. The van der Waals surface area contributed by atoms with Crippen molar-refractivity contribution < 1.29 is 9.90 Å². The van der Waals surface area contributed by atoms with Crippen molar-refractivity contribution in [2.45, 2.75) is 26.4 Å². The number of carbonyl (C=O) groups excluding carboxylic acids is 1. The Morgan fingerprint density at radius 1 is 1.36 bits per heavy atom. The third-order valence-electron chi connectivity index (χ3n) is 3.86. The molecule has 2 aromatic heterocycles. The monoisotopic (exact) mass is 439 g/mol. The van der Waals surface area contributed by atoms with E-state index in [4.69, 9.17) is 23.2 Å². The second kappa shape index (κ2) is 8.91. The summed E-state index contributed by atoms with van der Waals surface area (Å²) in [5.74, 6) is -1.35. The Hall–Kier alpha value is -2.13. The molecule has 2 N–H and O–H groups in total. The van der Waals surface area contributed by atoms with Gasteiger partial charge in [-0.15, -0.1) is 0 Å². The highest BCUT2D eigenvalue weighted by atomic mass is 35.5. The van der Waals surface area contributed by atoms with Crippen LogP contribution in [0.1, 0.15) is 34.3 Å². The van der Waals surface area contributed by atoms with Gasteiger partial charge in [-0.05, 0) is 24.1 Å². The number of halogens is 2. The lowest BCUT2D eigenvalue weighted by atomic mass is 10.2. The lowest BCUT2D eigenvalue weighted by Crippen LogP contribution is -2.27. The van der Waals surface area contributed by atoms with E-state index in [1.807, 2.05) is 6.92 Å². The van der Waals surface area contributed by atoms with Crippen LogP contribution in [0.25, 0.3) is 4.96 Å². The van der Waals surface area contributed by atoms with E-state index in [1.54, 1.807) is 24.4 Å². The second-order valence-electron chi connectivity index (χ2n) is 6.00. The zero-order valence-electron chi connectivity index (χ0n) is 14.9. The molecule has 1 amide bonds. The summed E-state index contributed by atoms with van der Waals surface area (Å²) < 4.78 is 1.23. The highest BCUT2D eigenvalue weighted by molar-refractivity contribution is 7.17. The van der Waals surface area contributed by atoms with Crippen LogP contribution in [0.15, 0.2) is 29.2 Å². The number of thiazole rings is 1. The average Bonchev–Trinajstić information content (AvgIpc) is 3.09. The van der Waals surface area contributed by atoms with Gasteiger partial charge >= 0.3 is 5.56 Å². The summed E-state index contributed by atoms with van der Waals surface area (Å²) in [6, 6.07) is 4.96. The summed E-state index contributed by atoms with van der Waals surface area (Å²) in [5.41, 5.74) is -0.289. The topological polar surface area (TPSA) is 97.8 Å². The minimum absolute atomic E-state index is 0.141. The Morgan fingerprint density at radius 2 is 2.14 bits per heavy atom. The van der Waals surface area contributed by atoms with E-state index in [0.717, 1.165) is 23.4 Å². The summed E-state index contributed by atoms with van der Waals surface area (Å²) in [6.07, 6.45) is 2.53. The van der Waals surface area contributed by atoms with E-state index in [2.05, 4.69) is 15.6 Å². The second-order valence-corrected chi connectivity index (χ2v) is 7.91. The summed E-state index contributed by atoms with van der Waals surface area (Å²) in [4.78, 5) is 30.1. The minimum Gasteiger partial charge on any atom is -0.501 e. The van der Waals surface area contributed by atoms with Crippen LogP contribution in [0.5, 0.6) is 5.75 Å². The van der Waals surface area contributed by atoms with Crippen LogP contribution in [0.2, 0.25) is 10.0 Å². The fraction of sp³-hybridized carbons (Fsp3) is 0.278. The van der Waals surface area contributed by atoms with Gasteiger partial charge in [0.15, 0.2) is 10.7 Å². The van der Waals surface area contributed by atoms with Crippen molar-refractivity contribution >= 4 is 45.4 Å². The largest absolute Gasteiger partial charge is 0.501 e. The molecule has 7 nitrogen and oxygen atoms in total. The Labute approximate surface area is 174 Å². The zero-order valence-corrected chi connectivity index (χ0v) is 17.2. The molecule has 0 saturated heterocycles. The predicted molar refractivity (Wildman–Crippen MR) is 110 cm³/mol. The Balaban J connectivity index is 1.81. The third kappa shape index (κ3) is 4.47. The summed E-state index contributed by atoms with van der Waals surface area (Å²) in [7, 11) is 0. The smallest absolute Gasteiger partial charge is 0.301 e. The van der Waals surface area contributed by atoms with Crippen LogP contribution >= 0.6 is 34.5 Å². The molecule has 0 spiro atoms. The number of aromatic nitrogens is 2. The Kier molecular flexibility index (Phi) is 6.56. The Morgan fingerprint density at radius 3 is 2.86 bits per heavy atom. The molecule has 28 heavy (non-hydrogen) atoms. The first kappa shape index (κ1) is 20.6. The minimum atomic E-state index is -0.695. The molecule has 3 rings (SSSR count). The molecule has 3 aromatic rings. The molecule has 0 saturated carbocycles. The van der Waals surface area contributed by atoms with Gasteiger partial charge in [-0.1, -0.05) is 47.5 Å². The fourth-order valence-corrected chi connectivity index (χ4v) is 3.71. The van der Waals surface area contributed by atoms with Gasteiger partial charge in [-0.25, -0.2) is 10.3 Å². The van der Waals surface area contributed by atoms with Crippen LogP contribution in [-0.2, 0) is 13.1 Å². The number of nitrogens with zero attached hydrogens (tertiary/aromatic N) is 3. The first-order chi connectivity index (χ1) is 13.4. The molecular formula is C18H17Cl2N4O3S. The maximum Gasteiger partial charge on any atom is 0.301 e. The number of rotatable bonds is 7. The number of amides is 1. The molecular weight excluding hydrogens is 423 g/mol. The number of aromatic hydroxyl groups is 1. The van der Waals surface area contributed by atoms with Gasteiger partial charge in [0.05, 0.1) is 10.0 Å². The van der Waals surface area contributed by atoms with Crippen molar-refractivity contribution in [1.29, 1.82) is 0 Å². The summed E-state index contributed by atoms with van der Waals surface area (Å²) >= 11 is 13.1. The number of nitrogens with one attached hydrogen (secondary N) is 1. The van der Waals surface area contributed by atoms with E-state index in [9.17, 15) is 14.7 Å². The molecule has 1 radical (unpaired) electrons. The number of hydrogen-bond acceptors (Lipinski definition) is 5. The van der Waals surface area contributed by atoms with Crippen LogP contribution < -0.4 is 16.2 Å². The molecule has 0 fully saturated rings. The summed E-state index contributed by atoms with van der Waals surface area (Å²) in [6.45, 7) is 3.36. The van der Waals surface area contributed by atoms with Crippen molar-refractivity contribution in [1.82, 2.24) is 20.0 Å². The van der Waals surface area contributed by atoms with E-state index >= 15 is 0 Å². The van der Waals surface area contributed by atoms with Gasteiger partial charge in [0.1, 0.15) is 0 Å². The molecule has 0 atom stereocenters. The molecule has 0 aliphatic carbocycles. The SMILES string of the molecule is CCC[N]Cc1cn2c(=O)c(O)c(C(=O)NCc3ccc(Cl)c(Cl)c3)nc2s1. The van der Waals surface area contributed by atoms with Gasteiger partial charge in [-0.3, -0.25) is 14.0 Å². The predicted octanol–water partition coefficient (Wildman–Crippen LogP) is 3.21. The van der Waals surface area contributed by atoms with E-state index in [-0.39, 0.29) is 12.2 Å². The number of carbonyl (C=O) groups is 1. The van der Waals surface area contributed by atoms with E-state index in [0.29, 0.717) is 21.6 Å². The normalized spacial score (nSPS) is 11.1. The molecule has 1 aromatic carbocycles. The zero-order chi connectivity index (χ0) is 20.3.